The van der Waals surface area contributed by atoms with Crippen LogP contribution in [0.2, 0.25) is 0 Å². The molecule has 0 radical (unpaired) electrons. The summed E-state index contributed by atoms with van der Waals surface area (Å²) in [6.07, 6.45) is 0. The number of fused-ring (bicyclic) bond motifs is 2. The van der Waals surface area contributed by atoms with Crippen molar-refractivity contribution in [2.45, 2.75) is 0 Å². The minimum Gasteiger partial charge on any atom is -0.379 e. The fourth-order valence-corrected chi connectivity index (χ4v) is 4.76. The first-order chi connectivity index (χ1) is 16.2. The topological polar surface area (TPSA) is 81.4 Å². The van der Waals surface area contributed by atoms with Crippen LogP contribution >= 0.6 is 0 Å². The van der Waals surface area contributed by atoms with Gasteiger partial charge in [0.15, 0.2) is 0 Å². The van der Waals surface area contributed by atoms with Gasteiger partial charge in [0, 0.05) is 48.0 Å². The van der Waals surface area contributed by atoms with Gasteiger partial charge in [-0.25, -0.2) is 0 Å². The third-order valence-electron chi connectivity index (χ3n) is 6.51. The standard InChI is InChI=1S/C26H24N4O3/c31-25-23(21-15-17-5-1-3-7-19(17)27-21)24(22-16-18-6-2-4-8-20(18)28-22)26(32)30(25)10-9-29-11-13-33-14-12-29/h1-8,15-16,27-28H,9-14H2. The summed E-state index contributed by atoms with van der Waals surface area (Å²) in [5.74, 6) is -0.512. The largest absolute Gasteiger partial charge is 0.379 e. The lowest BCUT2D eigenvalue weighted by molar-refractivity contribution is -0.136. The van der Waals surface area contributed by atoms with E-state index in [-0.39, 0.29) is 11.8 Å². The fraction of sp³-hybridized carbons (Fsp3) is 0.231. The van der Waals surface area contributed by atoms with Gasteiger partial charge in [0.2, 0.25) is 0 Å². The summed E-state index contributed by atoms with van der Waals surface area (Å²) in [5.41, 5.74) is 4.04. The number of nitrogens with one attached hydrogen (secondary N) is 2. The number of hydrogen-bond acceptors (Lipinski definition) is 4. The van der Waals surface area contributed by atoms with Gasteiger partial charge >= 0.3 is 0 Å². The Hall–Kier alpha value is -3.68. The van der Waals surface area contributed by atoms with E-state index in [2.05, 4.69) is 14.9 Å². The zero-order valence-electron chi connectivity index (χ0n) is 18.1. The summed E-state index contributed by atoms with van der Waals surface area (Å²) in [4.78, 5) is 37.6. The van der Waals surface area contributed by atoms with E-state index >= 15 is 0 Å². The molecule has 6 rings (SSSR count). The van der Waals surface area contributed by atoms with E-state index in [0.29, 0.717) is 48.8 Å². The molecule has 2 aliphatic rings. The number of rotatable bonds is 5. The van der Waals surface area contributed by atoms with Gasteiger partial charge in [-0.05, 0) is 24.3 Å². The zero-order chi connectivity index (χ0) is 22.4. The zero-order valence-corrected chi connectivity index (χ0v) is 18.1. The maximum atomic E-state index is 13.6. The second-order valence-electron chi connectivity index (χ2n) is 8.51. The predicted molar refractivity (Wildman–Crippen MR) is 127 cm³/mol. The maximum Gasteiger partial charge on any atom is 0.263 e. The number of carbonyl (C=O) groups excluding carboxylic acids is 2. The Balaban J connectivity index is 1.42. The molecule has 7 heteroatoms. The van der Waals surface area contributed by atoms with E-state index in [1.165, 1.54) is 4.90 Å². The number of aromatic nitrogens is 2. The average Bonchev–Trinajstić information content (AvgIpc) is 3.52. The van der Waals surface area contributed by atoms with Crippen LogP contribution in [-0.2, 0) is 14.3 Å². The molecular weight excluding hydrogens is 416 g/mol. The Morgan fingerprint density at radius 1 is 0.727 bits per heavy atom. The van der Waals surface area contributed by atoms with Gasteiger partial charge in [0.05, 0.1) is 35.7 Å². The van der Waals surface area contributed by atoms with Crippen molar-refractivity contribution in [3.05, 3.63) is 72.1 Å². The van der Waals surface area contributed by atoms with E-state index in [4.69, 9.17) is 4.74 Å². The van der Waals surface area contributed by atoms with Gasteiger partial charge < -0.3 is 14.7 Å². The van der Waals surface area contributed by atoms with Crippen LogP contribution in [0.5, 0.6) is 0 Å². The monoisotopic (exact) mass is 440 g/mol. The molecule has 33 heavy (non-hydrogen) atoms. The van der Waals surface area contributed by atoms with Crippen molar-refractivity contribution >= 4 is 44.8 Å². The Labute approximate surface area is 190 Å². The summed E-state index contributed by atoms with van der Waals surface area (Å²) in [6.45, 7) is 3.98. The van der Waals surface area contributed by atoms with E-state index in [1.807, 2.05) is 60.7 Å². The predicted octanol–water partition coefficient (Wildman–Crippen LogP) is 3.26. The molecule has 0 spiro atoms. The fourth-order valence-electron chi connectivity index (χ4n) is 4.76. The highest BCUT2D eigenvalue weighted by Gasteiger charge is 2.40. The van der Waals surface area contributed by atoms with Gasteiger partial charge in [-0.15, -0.1) is 0 Å². The molecular formula is C26H24N4O3. The highest BCUT2D eigenvalue weighted by Crippen LogP contribution is 2.37. The van der Waals surface area contributed by atoms with Crippen molar-refractivity contribution in [3.8, 4) is 0 Å². The highest BCUT2D eigenvalue weighted by atomic mass is 16.5. The molecule has 4 heterocycles. The summed E-state index contributed by atoms with van der Waals surface area (Å²) in [6, 6.07) is 19.7. The number of hydrogen-bond donors (Lipinski definition) is 2. The van der Waals surface area contributed by atoms with Gasteiger partial charge in [0.1, 0.15) is 0 Å². The first-order valence-electron chi connectivity index (χ1n) is 11.3. The van der Waals surface area contributed by atoms with Gasteiger partial charge in [-0.1, -0.05) is 36.4 Å². The molecule has 0 unspecified atom stereocenters. The second kappa shape index (κ2) is 8.03. The Kier molecular flexibility index (Phi) is 4.86. The van der Waals surface area contributed by atoms with Crippen LogP contribution in [0.1, 0.15) is 11.4 Å². The number of morpholine rings is 1. The van der Waals surface area contributed by atoms with E-state index < -0.39 is 0 Å². The van der Waals surface area contributed by atoms with Crippen molar-refractivity contribution in [1.82, 2.24) is 19.8 Å². The lowest BCUT2D eigenvalue weighted by Crippen LogP contribution is -2.43. The first kappa shape index (κ1) is 20.0. The molecule has 0 bridgehead atoms. The molecule has 166 valence electrons. The Morgan fingerprint density at radius 2 is 1.24 bits per heavy atom. The number of nitrogens with zero attached hydrogens (tertiary/aromatic N) is 2. The van der Waals surface area contributed by atoms with Gasteiger partial charge in [-0.3, -0.25) is 19.4 Å². The summed E-state index contributed by atoms with van der Waals surface area (Å²) >= 11 is 0. The minimum atomic E-state index is -0.256. The Morgan fingerprint density at radius 3 is 1.76 bits per heavy atom. The summed E-state index contributed by atoms with van der Waals surface area (Å²) < 4.78 is 5.42. The molecule has 0 saturated carbocycles. The average molecular weight is 441 g/mol. The maximum absolute atomic E-state index is 13.6. The molecule has 2 aromatic heterocycles. The molecule has 4 aromatic rings. The van der Waals surface area contributed by atoms with Crippen LogP contribution in [0.3, 0.4) is 0 Å². The molecule has 2 N–H and O–H groups in total. The number of imide groups is 1. The van der Waals surface area contributed by atoms with Crippen LogP contribution in [0.25, 0.3) is 33.0 Å². The minimum absolute atomic E-state index is 0.256. The van der Waals surface area contributed by atoms with Crippen molar-refractivity contribution in [1.29, 1.82) is 0 Å². The SMILES string of the molecule is O=C1C(c2cc3ccccc3[nH]2)=C(c2cc3ccccc3[nH]2)C(=O)N1CCN1CCOCC1. The van der Waals surface area contributed by atoms with Crippen LogP contribution in [0.15, 0.2) is 60.7 Å². The van der Waals surface area contributed by atoms with Crippen LogP contribution < -0.4 is 0 Å². The number of para-hydroxylation sites is 2. The van der Waals surface area contributed by atoms with E-state index in [9.17, 15) is 9.59 Å². The summed E-state index contributed by atoms with van der Waals surface area (Å²) in [7, 11) is 0. The molecule has 2 aromatic carbocycles. The Bertz CT molecular complexity index is 1250. The van der Waals surface area contributed by atoms with Gasteiger partial charge in [-0.2, -0.15) is 0 Å². The van der Waals surface area contributed by atoms with Crippen LogP contribution in [0, 0.1) is 0 Å². The number of amides is 2. The first-order valence-corrected chi connectivity index (χ1v) is 11.3. The molecule has 2 amide bonds. The molecule has 7 nitrogen and oxygen atoms in total. The molecule has 1 saturated heterocycles. The van der Waals surface area contributed by atoms with Crippen molar-refractivity contribution in [2.24, 2.45) is 0 Å². The lowest BCUT2D eigenvalue weighted by Gasteiger charge is -2.28. The van der Waals surface area contributed by atoms with Crippen molar-refractivity contribution in [2.75, 3.05) is 39.4 Å². The van der Waals surface area contributed by atoms with Crippen molar-refractivity contribution < 1.29 is 14.3 Å². The third kappa shape index (κ3) is 3.46. The highest BCUT2D eigenvalue weighted by molar-refractivity contribution is 6.48. The van der Waals surface area contributed by atoms with E-state index in [1.54, 1.807) is 0 Å². The van der Waals surface area contributed by atoms with Crippen LogP contribution in [-0.4, -0.2) is 71.0 Å². The van der Waals surface area contributed by atoms with E-state index in [0.717, 1.165) is 34.9 Å². The van der Waals surface area contributed by atoms with Crippen molar-refractivity contribution in [3.63, 3.8) is 0 Å². The second-order valence-corrected chi connectivity index (χ2v) is 8.51. The van der Waals surface area contributed by atoms with Gasteiger partial charge in [0.25, 0.3) is 11.8 Å². The number of ether oxygens (including phenoxy) is 1. The molecule has 0 atom stereocenters. The van der Waals surface area contributed by atoms with Crippen LogP contribution in [0.4, 0.5) is 0 Å². The number of carbonyl (C=O) groups is 2. The third-order valence-corrected chi connectivity index (χ3v) is 6.51. The number of benzene rings is 2. The number of aromatic amines is 2. The smallest absolute Gasteiger partial charge is 0.263 e. The molecule has 1 fully saturated rings. The molecule has 2 aliphatic heterocycles. The summed E-state index contributed by atoms with van der Waals surface area (Å²) in [5, 5.41) is 2.01. The lowest BCUT2D eigenvalue weighted by atomic mass is 10.0. The number of H-pyrrole nitrogens is 2. The quantitative estimate of drug-likeness (QED) is 0.467. The molecule has 0 aliphatic carbocycles. The normalized spacial score (nSPS) is 17.8.